The van der Waals surface area contributed by atoms with Gasteiger partial charge in [-0.05, 0) is 121 Å². The van der Waals surface area contributed by atoms with Crippen LogP contribution in [0.3, 0.4) is 0 Å². The Hall–Kier alpha value is -6.08. The standard InChI is InChI=1S/C25H26F3N3O.C18H13F3N2O/c1-2-19-18-21(31-16-12-24(29-31)25(26,27)28)8-11-23(19)20-6-9-22(10-7-20)32-17-5-15-30-13-3-4-14-30;19-18(20,21)17-12-15(7-6-13-4-2-1-3-5-13)23(22-17)14-8-10-16(24)11-9-14/h2,6-12,16,18H,1,3-5,13-15,17H2;1-12,24H/b;7-6+. The van der Waals surface area contributed by atoms with Gasteiger partial charge in [-0.2, -0.15) is 36.5 Å². The molecule has 1 aliphatic heterocycles. The number of nitrogens with zero attached hydrogens (tertiary/aromatic N) is 5. The van der Waals surface area contributed by atoms with E-state index in [0.717, 1.165) is 53.1 Å². The molecule has 0 saturated carbocycles. The zero-order valence-electron chi connectivity index (χ0n) is 30.2. The van der Waals surface area contributed by atoms with Crippen LogP contribution >= 0.6 is 0 Å². The van der Waals surface area contributed by atoms with Gasteiger partial charge in [0.1, 0.15) is 11.5 Å². The van der Waals surface area contributed by atoms with Gasteiger partial charge in [-0.15, -0.1) is 0 Å². The number of likely N-dealkylation sites (tertiary alicyclic amines) is 1. The van der Waals surface area contributed by atoms with Crippen molar-refractivity contribution >= 4 is 18.2 Å². The van der Waals surface area contributed by atoms with Crippen LogP contribution in [0, 0.1) is 0 Å². The highest BCUT2D eigenvalue weighted by atomic mass is 19.4. The van der Waals surface area contributed by atoms with Gasteiger partial charge in [0.25, 0.3) is 0 Å². The van der Waals surface area contributed by atoms with Crippen LogP contribution in [0.2, 0.25) is 0 Å². The number of hydrogen-bond acceptors (Lipinski definition) is 5. The fraction of sp³-hybridized carbons (Fsp3) is 0.209. The Morgan fingerprint density at radius 2 is 1.41 bits per heavy atom. The quantitative estimate of drug-likeness (QED) is 0.105. The molecule has 56 heavy (non-hydrogen) atoms. The summed E-state index contributed by atoms with van der Waals surface area (Å²) in [6.45, 7) is 8.02. The van der Waals surface area contributed by atoms with Gasteiger partial charge in [-0.25, -0.2) is 9.36 Å². The summed E-state index contributed by atoms with van der Waals surface area (Å²) in [6.07, 6.45) is 0.892. The maximum absolute atomic E-state index is 13.0. The summed E-state index contributed by atoms with van der Waals surface area (Å²) in [5.74, 6) is 0.853. The molecular weight excluding hydrogens is 732 g/mol. The Morgan fingerprint density at radius 3 is 2.05 bits per heavy atom. The largest absolute Gasteiger partial charge is 0.508 e. The van der Waals surface area contributed by atoms with E-state index in [-0.39, 0.29) is 11.4 Å². The molecule has 6 aromatic rings. The third-order valence-corrected chi connectivity index (χ3v) is 9.02. The topological polar surface area (TPSA) is 68.3 Å². The molecule has 0 radical (unpaired) electrons. The van der Waals surface area contributed by atoms with E-state index in [4.69, 9.17) is 4.74 Å². The maximum atomic E-state index is 13.0. The highest BCUT2D eigenvalue weighted by Crippen LogP contribution is 2.32. The second-order valence-corrected chi connectivity index (χ2v) is 13.0. The van der Waals surface area contributed by atoms with Crippen molar-refractivity contribution < 1.29 is 36.2 Å². The van der Waals surface area contributed by atoms with Crippen LogP contribution in [0.1, 0.15) is 47.5 Å². The van der Waals surface area contributed by atoms with Crippen LogP contribution in [0.4, 0.5) is 26.3 Å². The van der Waals surface area contributed by atoms with Gasteiger partial charge < -0.3 is 14.7 Å². The molecule has 290 valence electrons. The minimum atomic E-state index is -4.53. The number of alkyl halides is 6. The van der Waals surface area contributed by atoms with E-state index < -0.39 is 23.7 Å². The van der Waals surface area contributed by atoms with Gasteiger partial charge in [0.05, 0.1) is 23.7 Å². The number of ether oxygens (including phenoxy) is 1. The third-order valence-electron chi connectivity index (χ3n) is 9.02. The number of phenols is 1. The van der Waals surface area contributed by atoms with Crippen molar-refractivity contribution in [2.45, 2.75) is 31.6 Å². The molecule has 4 aromatic carbocycles. The fourth-order valence-electron chi connectivity index (χ4n) is 6.16. The molecule has 7 rings (SSSR count). The lowest BCUT2D eigenvalue weighted by Crippen LogP contribution is -2.21. The lowest BCUT2D eigenvalue weighted by atomic mass is 9.99. The molecule has 0 atom stereocenters. The van der Waals surface area contributed by atoms with E-state index in [9.17, 15) is 31.4 Å². The van der Waals surface area contributed by atoms with Gasteiger partial charge in [-0.1, -0.05) is 67.3 Å². The smallest absolute Gasteiger partial charge is 0.435 e. The van der Waals surface area contributed by atoms with Crippen LogP contribution in [0.15, 0.2) is 122 Å². The molecule has 0 spiro atoms. The fourth-order valence-corrected chi connectivity index (χ4v) is 6.16. The van der Waals surface area contributed by atoms with E-state index >= 15 is 0 Å². The molecule has 2 aromatic heterocycles. The van der Waals surface area contributed by atoms with Crippen molar-refractivity contribution in [3.8, 4) is 34.0 Å². The van der Waals surface area contributed by atoms with Crippen molar-refractivity contribution in [3.05, 3.63) is 150 Å². The maximum Gasteiger partial charge on any atom is 0.435 e. The van der Waals surface area contributed by atoms with Gasteiger partial charge in [0, 0.05) is 12.7 Å². The molecule has 1 fully saturated rings. The highest BCUT2D eigenvalue weighted by Gasteiger charge is 2.35. The molecule has 0 bridgehead atoms. The summed E-state index contributed by atoms with van der Waals surface area (Å²) in [5, 5.41) is 16.6. The first-order valence-corrected chi connectivity index (χ1v) is 17.9. The third kappa shape index (κ3) is 10.4. The summed E-state index contributed by atoms with van der Waals surface area (Å²) in [6, 6.07) is 30.2. The number of aromatic hydroxyl groups is 1. The number of hydrogen-bond donors (Lipinski definition) is 1. The van der Waals surface area contributed by atoms with Crippen LogP contribution in [0.5, 0.6) is 11.5 Å². The van der Waals surface area contributed by atoms with Gasteiger partial charge in [0.15, 0.2) is 11.4 Å². The Bertz CT molecular complexity index is 2220. The first-order chi connectivity index (χ1) is 26.9. The second-order valence-electron chi connectivity index (χ2n) is 13.0. The van der Waals surface area contributed by atoms with Crippen LogP contribution < -0.4 is 4.74 Å². The summed E-state index contributed by atoms with van der Waals surface area (Å²) in [7, 11) is 0. The normalized spacial score (nSPS) is 13.5. The average molecular weight is 772 g/mol. The molecular formula is C43H39F6N5O2. The monoisotopic (exact) mass is 771 g/mol. The lowest BCUT2D eigenvalue weighted by Gasteiger charge is -2.14. The molecule has 1 aliphatic rings. The van der Waals surface area contributed by atoms with Crippen LogP contribution in [0.25, 0.3) is 40.7 Å². The summed E-state index contributed by atoms with van der Waals surface area (Å²) < 4.78 is 85.8. The van der Waals surface area contributed by atoms with Crippen molar-refractivity contribution in [2.75, 3.05) is 26.2 Å². The van der Waals surface area contributed by atoms with E-state index in [1.807, 2.05) is 60.7 Å². The van der Waals surface area contributed by atoms with Crippen molar-refractivity contribution in [3.63, 3.8) is 0 Å². The second kappa shape index (κ2) is 17.6. The zero-order chi connectivity index (χ0) is 39.7. The van der Waals surface area contributed by atoms with E-state index in [0.29, 0.717) is 18.0 Å². The van der Waals surface area contributed by atoms with Crippen molar-refractivity contribution in [1.29, 1.82) is 0 Å². The summed E-state index contributed by atoms with van der Waals surface area (Å²) in [4.78, 5) is 2.47. The number of benzene rings is 4. The molecule has 13 heteroatoms. The molecule has 7 nitrogen and oxygen atoms in total. The number of phenolic OH excluding ortho intramolecular Hbond substituents is 1. The molecule has 0 amide bonds. The van der Waals surface area contributed by atoms with Gasteiger partial charge >= 0.3 is 12.4 Å². The Kier molecular flexibility index (Phi) is 12.4. The Balaban J connectivity index is 0.000000198. The minimum absolute atomic E-state index is 0.0309. The SMILES string of the molecule is C=Cc1cc(-n2ccc(C(F)(F)F)n2)ccc1-c1ccc(OCCCN2CCCC2)cc1.Oc1ccc(-n2nc(C(F)(F)F)cc2/C=C/c2ccccc2)cc1. The summed E-state index contributed by atoms with van der Waals surface area (Å²) >= 11 is 0. The predicted molar refractivity (Wildman–Crippen MR) is 205 cm³/mol. The van der Waals surface area contributed by atoms with E-state index in [1.54, 1.807) is 30.4 Å². The Labute approximate surface area is 320 Å². The predicted octanol–water partition coefficient (Wildman–Crippen LogP) is 10.8. The number of halogens is 6. The highest BCUT2D eigenvalue weighted by molar-refractivity contribution is 5.76. The van der Waals surface area contributed by atoms with E-state index in [1.165, 1.54) is 65.8 Å². The minimum Gasteiger partial charge on any atom is -0.508 e. The average Bonchev–Trinajstić information content (AvgIpc) is 3.99. The zero-order valence-corrected chi connectivity index (χ0v) is 30.2. The van der Waals surface area contributed by atoms with E-state index in [2.05, 4.69) is 21.7 Å². The first kappa shape index (κ1) is 39.6. The molecule has 1 N–H and O–H groups in total. The Morgan fingerprint density at radius 1 is 0.732 bits per heavy atom. The van der Waals surface area contributed by atoms with Crippen LogP contribution in [-0.2, 0) is 12.4 Å². The first-order valence-electron chi connectivity index (χ1n) is 17.9. The molecule has 1 saturated heterocycles. The van der Waals surface area contributed by atoms with Gasteiger partial charge in [-0.3, -0.25) is 0 Å². The number of rotatable bonds is 11. The summed E-state index contributed by atoms with van der Waals surface area (Å²) in [5.41, 5.74) is 2.96. The molecule has 3 heterocycles. The number of aromatic nitrogens is 4. The van der Waals surface area contributed by atoms with Crippen LogP contribution in [-0.4, -0.2) is 55.8 Å². The van der Waals surface area contributed by atoms with Gasteiger partial charge in [0.2, 0.25) is 0 Å². The molecule has 0 aliphatic carbocycles. The molecule has 0 unspecified atom stereocenters. The lowest BCUT2D eigenvalue weighted by molar-refractivity contribution is -0.142. The van der Waals surface area contributed by atoms with Crippen molar-refractivity contribution in [2.24, 2.45) is 0 Å². The van der Waals surface area contributed by atoms with Crippen molar-refractivity contribution in [1.82, 2.24) is 24.5 Å².